The molecule has 1 unspecified atom stereocenters. The van der Waals surface area contributed by atoms with E-state index in [0.29, 0.717) is 0 Å². The molecule has 21 heavy (non-hydrogen) atoms. The Morgan fingerprint density at radius 3 is 1.86 bits per heavy atom. The van der Waals surface area contributed by atoms with E-state index in [4.69, 9.17) is 0 Å². The van der Waals surface area contributed by atoms with E-state index in [2.05, 4.69) is 90.5 Å². The van der Waals surface area contributed by atoms with Crippen LogP contribution in [0.15, 0.2) is 53.0 Å². The molecule has 0 aromatic heterocycles. The van der Waals surface area contributed by atoms with E-state index >= 15 is 0 Å². The highest BCUT2D eigenvalue weighted by Crippen LogP contribution is 2.29. The topological polar surface area (TPSA) is 12.0 Å². The predicted octanol–water partition coefficient (Wildman–Crippen LogP) is 5.45. The van der Waals surface area contributed by atoms with Crippen LogP contribution in [0.25, 0.3) is 0 Å². The third-order valence-corrected chi connectivity index (χ3v) is 4.93. The van der Waals surface area contributed by atoms with E-state index in [0.717, 1.165) is 10.9 Å². The van der Waals surface area contributed by atoms with Crippen LogP contribution >= 0.6 is 15.9 Å². The molecular weight excluding hydrogens is 322 g/mol. The van der Waals surface area contributed by atoms with Gasteiger partial charge >= 0.3 is 0 Å². The maximum atomic E-state index is 3.49. The number of rotatable bonds is 5. The largest absolute Gasteiger partial charge is 0.309 e. The summed E-state index contributed by atoms with van der Waals surface area (Å²) < 4.78 is 1.11. The molecule has 0 aliphatic rings. The van der Waals surface area contributed by atoms with E-state index in [1.54, 1.807) is 0 Å². The molecule has 1 atom stereocenters. The second kappa shape index (κ2) is 6.76. The van der Waals surface area contributed by atoms with Gasteiger partial charge < -0.3 is 5.32 Å². The Bertz CT molecular complexity index is 570. The summed E-state index contributed by atoms with van der Waals surface area (Å²) in [6.07, 6.45) is 1.15. The minimum Gasteiger partial charge on any atom is -0.309 e. The number of hydrogen-bond acceptors (Lipinski definition) is 1. The van der Waals surface area contributed by atoms with Gasteiger partial charge in [-0.05, 0) is 47.7 Å². The third kappa shape index (κ3) is 3.75. The Balaban J connectivity index is 2.29. The van der Waals surface area contributed by atoms with Crippen LogP contribution in [-0.4, -0.2) is 7.05 Å². The summed E-state index contributed by atoms with van der Waals surface area (Å²) in [7, 11) is 2.01. The molecule has 0 saturated carbocycles. The fourth-order valence-electron chi connectivity index (χ4n) is 2.51. The summed E-state index contributed by atoms with van der Waals surface area (Å²) in [6.45, 7) is 6.84. The lowest BCUT2D eigenvalue weighted by atomic mass is 9.81. The first-order valence-electron chi connectivity index (χ1n) is 7.51. The Kier molecular flexibility index (Phi) is 5.23. The average molecular weight is 346 g/mol. The first kappa shape index (κ1) is 16.3. The number of benzene rings is 2. The molecule has 2 heteroatoms. The standard InChI is InChI=1S/C19H24BrN/c1-5-19(2,3)16-10-6-14(7-11-16)18(21-4)15-8-12-17(20)13-9-15/h6-13,18,21H,5H2,1-4H3. The van der Waals surface area contributed by atoms with Crippen LogP contribution in [0.5, 0.6) is 0 Å². The average Bonchev–Trinajstić information content (AvgIpc) is 2.50. The highest BCUT2D eigenvalue weighted by atomic mass is 79.9. The van der Waals surface area contributed by atoms with Crippen molar-refractivity contribution >= 4 is 15.9 Å². The quantitative estimate of drug-likeness (QED) is 0.760. The minimum absolute atomic E-state index is 0.233. The maximum Gasteiger partial charge on any atom is 0.0574 e. The lowest BCUT2D eigenvalue weighted by Gasteiger charge is -2.24. The van der Waals surface area contributed by atoms with Crippen LogP contribution < -0.4 is 5.32 Å². The number of halogens is 1. The summed E-state index contributed by atoms with van der Waals surface area (Å²) in [5, 5.41) is 3.41. The predicted molar refractivity (Wildman–Crippen MR) is 94.8 cm³/mol. The van der Waals surface area contributed by atoms with Gasteiger partial charge in [-0.3, -0.25) is 0 Å². The Labute approximate surface area is 136 Å². The maximum absolute atomic E-state index is 3.49. The van der Waals surface area contributed by atoms with Crippen LogP contribution in [0, 0.1) is 0 Å². The zero-order valence-corrected chi connectivity index (χ0v) is 14.9. The normalized spacial score (nSPS) is 13.2. The van der Waals surface area contributed by atoms with Gasteiger partial charge in [0, 0.05) is 4.47 Å². The van der Waals surface area contributed by atoms with E-state index in [1.165, 1.54) is 16.7 Å². The van der Waals surface area contributed by atoms with Crippen molar-refractivity contribution in [3.8, 4) is 0 Å². The molecule has 0 saturated heterocycles. The Morgan fingerprint density at radius 2 is 1.43 bits per heavy atom. The van der Waals surface area contributed by atoms with Gasteiger partial charge in [-0.2, -0.15) is 0 Å². The van der Waals surface area contributed by atoms with Crippen LogP contribution in [-0.2, 0) is 5.41 Å². The molecule has 0 bridgehead atoms. The first-order chi connectivity index (χ1) is 9.97. The highest BCUT2D eigenvalue weighted by molar-refractivity contribution is 9.10. The van der Waals surface area contributed by atoms with Crippen LogP contribution in [0.2, 0.25) is 0 Å². The fraction of sp³-hybridized carbons (Fsp3) is 0.368. The molecule has 2 aromatic carbocycles. The van der Waals surface area contributed by atoms with Crippen molar-refractivity contribution in [2.75, 3.05) is 7.05 Å². The molecule has 0 heterocycles. The van der Waals surface area contributed by atoms with Gasteiger partial charge in [0.1, 0.15) is 0 Å². The zero-order valence-electron chi connectivity index (χ0n) is 13.3. The van der Waals surface area contributed by atoms with Gasteiger partial charge in [0.25, 0.3) is 0 Å². The molecule has 1 N–H and O–H groups in total. The van der Waals surface area contributed by atoms with Gasteiger partial charge in [0.2, 0.25) is 0 Å². The van der Waals surface area contributed by atoms with E-state index in [9.17, 15) is 0 Å². The second-order valence-electron chi connectivity index (χ2n) is 6.13. The molecule has 0 aliphatic heterocycles. The van der Waals surface area contributed by atoms with E-state index in [1.807, 2.05) is 7.05 Å². The lowest BCUT2D eigenvalue weighted by molar-refractivity contribution is 0.506. The molecule has 0 radical (unpaired) electrons. The first-order valence-corrected chi connectivity index (χ1v) is 8.30. The number of nitrogens with one attached hydrogen (secondary N) is 1. The summed E-state index contributed by atoms with van der Waals surface area (Å²) >= 11 is 3.49. The molecular formula is C19H24BrN. The molecule has 0 amide bonds. The van der Waals surface area contributed by atoms with Gasteiger partial charge in [0.05, 0.1) is 6.04 Å². The van der Waals surface area contributed by atoms with Gasteiger partial charge in [-0.1, -0.05) is 73.1 Å². The Morgan fingerprint density at radius 1 is 0.952 bits per heavy atom. The lowest BCUT2D eigenvalue weighted by Crippen LogP contribution is -2.19. The van der Waals surface area contributed by atoms with Gasteiger partial charge in [0.15, 0.2) is 0 Å². The Hall–Kier alpha value is -1.12. The van der Waals surface area contributed by atoms with Crippen LogP contribution in [0.1, 0.15) is 49.9 Å². The van der Waals surface area contributed by atoms with Crippen molar-refractivity contribution in [2.45, 2.75) is 38.6 Å². The van der Waals surface area contributed by atoms with Crippen molar-refractivity contribution in [3.63, 3.8) is 0 Å². The van der Waals surface area contributed by atoms with Crippen molar-refractivity contribution in [1.82, 2.24) is 5.32 Å². The van der Waals surface area contributed by atoms with Crippen molar-refractivity contribution in [2.24, 2.45) is 0 Å². The smallest absolute Gasteiger partial charge is 0.0574 e. The fourth-order valence-corrected chi connectivity index (χ4v) is 2.78. The molecule has 0 spiro atoms. The monoisotopic (exact) mass is 345 g/mol. The van der Waals surface area contributed by atoms with Crippen molar-refractivity contribution in [3.05, 3.63) is 69.7 Å². The molecule has 0 fully saturated rings. The SMILES string of the molecule is CCC(C)(C)c1ccc(C(NC)c2ccc(Br)cc2)cc1. The molecule has 2 rings (SSSR count). The summed E-state index contributed by atoms with van der Waals surface area (Å²) in [6, 6.07) is 17.8. The summed E-state index contributed by atoms with van der Waals surface area (Å²) in [5.74, 6) is 0. The third-order valence-electron chi connectivity index (χ3n) is 4.40. The van der Waals surface area contributed by atoms with E-state index < -0.39 is 0 Å². The molecule has 2 aromatic rings. The van der Waals surface area contributed by atoms with Crippen molar-refractivity contribution in [1.29, 1.82) is 0 Å². The van der Waals surface area contributed by atoms with Gasteiger partial charge in [-0.25, -0.2) is 0 Å². The summed E-state index contributed by atoms with van der Waals surface area (Å²) in [5.41, 5.74) is 4.23. The molecule has 1 nitrogen and oxygen atoms in total. The number of hydrogen-bond donors (Lipinski definition) is 1. The summed E-state index contributed by atoms with van der Waals surface area (Å²) in [4.78, 5) is 0. The van der Waals surface area contributed by atoms with Crippen molar-refractivity contribution < 1.29 is 0 Å². The highest BCUT2D eigenvalue weighted by Gasteiger charge is 2.18. The zero-order chi connectivity index (χ0) is 15.5. The van der Waals surface area contributed by atoms with E-state index in [-0.39, 0.29) is 11.5 Å². The minimum atomic E-state index is 0.233. The van der Waals surface area contributed by atoms with Crippen LogP contribution in [0.4, 0.5) is 0 Å². The second-order valence-corrected chi connectivity index (χ2v) is 7.05. The van der Waals surface area contributed by atoms with Gasteiger partial charge in [-0.15, -0.1) is 0 Å². The molecule has 112 valence electrons. The van der Waals surface area contributed by atoms with Crippen LogP contribution in [0.3, 0.4) is 0 Å². The molecule has 0 aliphatic carbocycles.